The van der Waals surface area contributed by atoms with Crippen molar-refractivity contribution in [1.82, 2.24) is 5.43 Å². The average Bonchev–Trinajstić information content (AvgIpc) is 2.86. The molecule has 10 heteroatoms. The van der Waals surface area contributed by atoms with Crippen molar-refractivity contribution in [3.63, 3.8) is 0 Å². The van der Waals surface area contributed by atoms with Crippen molar-refractivity contribution < 1.29 is 28.7 Å². The van der Waals surface area contributed by atoms with Gasteiger partial charge in [0.25, 0.3) is 11.6 Å². The van der Waals surface area contributed by atoms with Crippen LogP contribution in [0.5, 0.6) is 17.2 Å². The van der Waals surface area contributed by atoms with Crippen molar-refractivity contribution in [2.24, 2.45) is 5.10 Å². The summed E-state index contributed by atoms with van der Waals surface area (Å²) in [6.07, 6.45) is 0.548. The van der Waals surface area contributed by atoms with E-state index in [0.717, 1.165) is 0 Å². The van der Waals surface area contributed by atoms with Crippen LogP contribution in [0.2, 0.25) is 0 Å². The van der Waals surface area contributed by atoms with Gasteiger partial charge >= 0.3 is 5.97 Å². The summed E-state index contributed by atoms with van der Waals surface area (Å²) in [4.78, 5) is 34.6. The largest absolute Gasteiger partial charge is 0.494 e. The van der Waals surface area contributed by atoms with Crippen molar-refractivity contribution in [2.45, 2.75) is 20.0 Å². The third-order valence-corrected chi connectivity index (χ3v) is 4.61. The van der Waals surface area contributed by atoms with E-state index >= 15 is 0 Å². The Morgan fingerprint density at radius 3 is 2.17 bits per heavy atom. The Morgan fingerprint density at radius 1 is 0.971 bits per heavy atom. The molecule has 0 saturated heterocycles. The van der Waals surface area contributed by atoms with Gasteiger partial charge in [-0.1, -0.05) is 0 Å². The van der Waals surface area contributed by atoms with Crippen molar-refractivity contribution in [3.8, 4) is 17.2 Å². The number of hydrazone groups is 1. The number of esters is 1. The lowest BCUT2D eigenvalue weighted by molar-refractivity contribution is -0.384. The molecule has 0 spiro atoms. The van der Waals surface area contributed by atoms with Crippen LogP contribution in [0.25, 0.3) is 0 Å². The zero-order valence-electron chi connectivity index (χ0n) is 19.0. The standard InChI is InChI=1S/C25H23N3O7/c1-3-33-21-12-6-19(7-13-21)25(30)35-23-10-4-18(5-11-23)16-26-27-24(29)17(2)34-22-14-8-20(9-15-22)28(31)32/h4-17H,3H2,1-2H3,(H,27,29)/b26-16-/t17-/m1/s1. The van der Waals surface area contributed by atoms with E-state index in [2.05, 4.69) is 10.5 Å². The summed E-state index contributed by atoms with van der Waals surface area (Å²) in [6, 6.07) is 18.6. The van der Waals surface area contributed by atoms with Gasteiger partial charge in [-0.25, -0.2) is 10.2 Å². The van der Waals surface area contributed by atoms with Crippen molar-refractivity contribution in [1.29, 1.82) is 0 Å². The fourth-order valence-corrected chi connectivity index (χ4v) is 2.81. The summed E-state index contributed by atoms with van der Waals surface area (Å²) in [5, 5.41) is 14.6. The quantitative estimate of drug-likeness (QED) is 0.153. The molecule has 10 nitrogen and oxygen atoms in total. The number of carbonyl (C=O) groups excluding carboxylic acids is 2. The minimum atomic E-state index is -0.877. The van der Waals surface area contributed by atoms with Gasteiger partial charge in [0.05, 0.1) is 23.3 Å². The highest BCUT2D eigenvalue weighted by atomic mass is 16.6. The van der Waals surface area contributed by atoms with Crippen LogP contribution in [0.15, 0.2) is 77.9 Å². The van der Waals surface area contributed by atoms with Crippen LogP contribution in [-0.2, 0) is 4.79 Å². The highest BCUT2D eigenvalue weighted by Gasteiger charge is 2.15. The second kappa shape index (κ2) is 11.9. The SMILES string of the molecule is CCOc1ccc(C(=O)Oc2ccc(/C=N\NC(=O)[C@@H](C)Oc3ccc([N+](=O)[O-])cc3)cc2)cc1. The predicted molar refractivity (Wildman–Crippen MR) is 128 cm³/mol. The maximum Gasteiger partial charge on any atom is 0.343 e. The molecule has 3 rings (SSSR count). The molecule has 0 saturated carbocycles. The number of amides is 1. The highest BCUT2D eigenvalue weighted by molar-refractivity contribution is 5.91. The molecule has 1 atom stereocenters. The summed E-state index contributed by atoms with van der Waals surface area (Å²) >= 11 is 0. The minimum Gasteiger partial charge on any atom is -0.494 e. The Balaban J connectivity index is 1.48. The lowest BCUT2D eigenvalue weighted by atomic mass is 10.2. The number of non-ortho nitro benzene ring substituents is 1. The van der Waals surface area contributed by atoms with Gasteiger partial charge in [-0.2, -0.15) is 5.10 Å². The first-order valence-corrected chi connectivity index (χ1v) is 10.6. The van der Waals surface area contributed by atoms with E-state index in [1.54, 1.807) is 48.5 Å². The first-order chi connectivity index (χ1) is 16.9. The van der Waals surface area contributed by atoms with E-state index < -0.39 is 22.9 Å². The zero-order chi connectivity index (χ0) is 25.2. The molecule has 0 radical (unpaired) electrons. The number of ether oxygens (including phenoxy) is 3. The Bertz CT molecular complexity index is 1190. The van der Waals surface area contributed by atoms with E-state index in [0.29, 0.717) is 35.0 Å². The number of nitrogens with one attached hydrogen (secondary N) is 1. The van der Waals surface area contributed by atoms with Crippen LogP contribution in [0.4, 0.5) is 5.69 Å². The van der Waals surface area contributed by atoms with Crippen molar-refractivity contribution >= 4 is 23.8 Å². The summed E-state index contributed by atoms with van der Waals surface area (Å²) in [6.45, 7) is 3.95. The van der Waals surface area contributed by atoms with E-state index in [-0.39, 0.29) is 5.69 Å². The third-order valence-electron chi connectivity index (χ3n) is 4.61. The van der Waals surface area contributed by atoms with Gasteiger partial charge in [-0.15, -0.1) is 0 Å². The summed E-state index contributed by atoms with van der Waals surface area (Å²) < 4.78 is 16.2. The molecule has 0 heterocycles. The van der Waals surface area contributed by atoms with Gasteiger partial charge in [-0.05, 0) is 80.1 Å². The predicted octanol–water partition coefficient (Wildman–Crippen LogP) is 4.13. The van der Waals surface area contributed by atoms with E-state index in [4.69, 9.17) is 14.2 Å². The smallest absolute Gasteiger partial charge is 0.343 e. The Morgan fingerprint density at radius 2 is 1.57 bits per heavy atom. The Kier molecular flexibility index (Phi) is 8.49. The van der Waals surface area contributed by atoms with Gasteiger partial charge in [0.1, 0.15) is 17.2 Å². The van der Waals surface area contributed by atoms with Gasteiger partial charge < -0.3 is 14.2 Å². The molecule has 35 heavy (non-hydrogen) atoms. The van der Waals surface area contributed by atoms with Crippen LogP contribution in [0.3, 0.4) is 0 Å². The third kappa shape index (κ3) is 7.39. The van der Waals surface area contributed by atoms with Gasteiger partial charge in [0.2, 0.25) is 0 Å². The molecule has 0 aromatic heterocycles. The van der Waals surface area contributed by atoms with Gasteiger partial charge in [0.15, 0.2) is 6.10 Å². The Hall–Kier alpha value is -4.73. The topological polar surface area (TPSA) is 129 Å². The first kappa shape index (κ1) is 24.9. The number of carbonyl (C=O) groups is 2. The van der Waals surface area contributed by atoms with E-state index in [1.807, 2.05) is 6.92 Å². The monoisotopic (exact) mass is 477 g/mol. The molecule has 0 aliphatic heterocycles. The summed E-state index contributed by atoms with van der Waals surface area (Å²) in [5.74, 6) is 0.351. The number of hydrogen-bond acceptors (Lipinski definition) is 8. The lowest BCUT2D eigenvalue weighted by Gasteiger charge is -2.12. The Labute approximate surface area is 201 Å². The minimum absolute atomic E-state index is 0.0731. The molecule has 0 aliphatic rings. The van der Waals surface area contributed by atoms with Crippen molar-refractivity contribution in [3.05, 3.63) is 94.0 Å². The fourth-order valence-electron chi connectivity index (χ4n) is 2.81. The number of benzene rings is 3. The number of rotatable bonds is 10. The maximum atomic E-state index is 12.3. The molecular formula is C25H23N3O7. The molecule has 3 aromatic carbocycles. The normalized spacial score (nSPS) is 11.5. The lowest BCUT2D eigenvalue weighted by Crippen LogP contribution is -2.33. The average molecular weight is 477 g/mol. The summed E-state index contributed by atoms with van der Waals surface area (Å²) in [7, 11) is 0. The molecule has 1 N–H and O–H groups in total. The number of nitro benzene ring substituents is 1. The van der Waals surface area contributed by atoms with Crippen LogP contribution >= 0.6 is 0 Å². The number of nitro groups is 1. The zero-order valence-corrected chi connectivity index (χ0v) is 19.0. The number of hydrogen-bond donors (Lipinski definition) is 1. The van der Waals surface area contributed by atoms with Crippen LogP contribution in [0, 0.1) is 10.1 Å². The first-order valence-electron chi connectivity index (χ1n) is 10.6. The molecule has 1 amide bonds. The maximum absolute atomic E-state index is 12.3. The van der Waals surface area contributed by atoms with Crippen molar-refractivity contribution in [2.75, 3.05) is 6.61 Å². The highest BCUT2D eigenvalue weighted by Crippen LogP contribution is 2.19. The van der Waals surface area contributed by atoms with Crippen LogP contribution in [-0.4, -0.2) is 35.7 Å². The molecule has 3 aromatic rings. The number of nitrogens with zero attached hydrogens (tertiary/aromatic N) is 2. The van der Waals surface area contributed by atoms with Gasteiger partial charge in [-0.3, -0.25) is 14.9 Å². The molecular weight excluding hydrogens is 454 g/mol. The van der Waals surface area contributed by atoms with E-state index in [1.165, 1.54) is 37.4 Å². The second-order valence-electron chi connectivity index (χ2n) is 7.16. The molecule has 0 fully saturated rings. The van der Waals surface area contributed by atoms with Crippen LogP contribution < -0.4 is 19.6 Å². The van der Waals surface area contributed by atoms with Gasteiger partial charge in [0, 0.05) is 12.1 Å². The second-order valence-corrected chi connectivity index (χ2v) is 7.16. The molecule has 180 valence electrons. The molecule has 0 unspecified atom stereocenters. The fraction of sp³-hybridized carbons (Fsp3) is 0.160. The molecule has 0 bridgehead atoms. The summed E-state index contributed by atoms with van der Waals surface area (Å²) in [5.41, 5.74) is 3.35. The molecule has 0 aliphatic carbocycles. The van der Waals surface area contributed by atoms with E-state index in [9.17, 15) is 19.7 Å². The van der Waals surface area contributed by atoms with Crippen LogP contribution in [0.1, 0.15) is 29.8 Å².